The van der Waals surface area contributed by atoms with Crippen molar-refractivity contribution in [1.82, 2.24) is 4.72 Å². The van der Waals surface area contributed by atoms with Crippen LogP contribution in [-0.4, -0.2) is 14.5 Å². The Kier molecular flexibility index (Phi) is 3.47. The normalized spacial score (nSPS) is 21.2. The summed E-state index contributed by atoms with van der Waals surface area (Å²) in [6.07, 6.45) is 0.845. The number of nitrogens with two attached hydrogens (primary N) is 1. The van der Waals surface area contributed by atoms with Crippen LogP contribution in [0.25, 0.3) is 0 Å². The van der Waals surface area contributed by atoms with Crippen molar-refractivity contribution in [2.75, 3.05) is 5.73 Å². The Labute approximate surface area is 125 Å². The van der Waals surface area contributed by atoms with E-state index in [1.165, 1.54) is 5.56 Å². The van der Waals surface area contributed by atoms with Gasteiger partial charge in [0.25, 0.3) is 0 Å². The monoisotopic (exact) mass is 302 g/mol. The fraction of sp³-hybridized carbons (Fsp3) is 0.250. The van der Waals surface area contributed by atoms with E-state index in [4.69, 9.17) is 5.73 Å². The second-order valence-corrected chi connectivity index (χ2v) is 7.19. The third-order valence-corrected chi connectivity index (χ3v) is 5.46. The van der Waals surface area contributed by atoms with Crippen LogP contribution in [0, 0.1) is 6.92 Å². The van der Waals surface area contributed by atoms with Crippen molar-refractivity contribution in [2.24, 2.45) is 0 Å². The van der Waals surface area contributed by atoms with E-state index in [2.05, 4.69) is 4.72 Å². The van der Waals surface area contributed by atoms with Crippen LogP contribution in [0.2, 0.25) is 0 Å². The molecule has 0 bridgehead atoms. The van der Waals surface area contributed by atoms with Crippen LogP contribution < -0.4 is 10.5 Å². The predicted molar refractivity (Wildman–Crippen MR) is 83.5 cm³/mol. The number of sulfonamides is 1. The number of anilines is 1. The van der Waals surface area contributed by atoms with Crippen LogP contribution in [0.3, 0.4) is 0 Å². The van der Waals surface area contributed by atoms with Crippen molar-refractivity contribution in [2.45, 2.75) is 30.2 Å². The van der Waals surface area contributed by atoms with Gasteiger partial charge >= 0.3 is 0 Å². The largest absolute Gasteiger partial charge is 0.399 e. The predicted octanol–water partition coefficient (Wildman–Crippen LogP) is 2.41. The highest BCUT2D eigenvalue weighted by Gasteiger charge is 2.41. The van der Waals surface area contributed by atoms with Crippen LogP contribution in [0.1, 0.15) is 23.5 Å². The van der Waals surface area contributed by atoms with Crippen molar-refractivity contribution in [3.05, 3.63) is 59.7 Å². The summed E-state index contributed by atoms with van der Waals surface area (Å²) in [5, 5.41) is 0. The second-order valence-electron chi connectivity index (χ2n) is 5.51. The zero-order valence-electron chi connectivity index (χ0n) is 11.8. The lowest BCUT2D eigenvalue weighted by Gasteiger charge is -2.10. The van der Waals surface area contributed by atoms with Crippen molar-refractivity contribution in [1.29, 1.82) is 0 Å². The maximum absolute atomic E-state index is 12.4. The Bertz CT molecular complexity index is 757. The van der Waals surface area contributed by atoms with Gasteiger partial charge in [0.2, 0.25) is 10.0 Å². The Morgan fingerprint density at radius 3 is 2.52 bits per heavy atom. The number of rotatable bonds is 4. The lowest BCUT2D eigenvalue weighted by molar-refractivity contribution is 0.579. The summed E-state index contributed by atoms with van der Waals surface area (Å²) in [7, 11) is -3.49. The smallest absolute Gasteiger partial charge is 0.241 e. The fourth-order valence-electron chi connectivity index (χ4n) is 2.63. The van der Waals surface area contributed by atoms with Gasteiger partial charge < -0.3 is 5.73 Å². The first-order valence-corrected chi connectivity index (χ1v) is 8.39. The summed E-state index contributed by atoms with van der Waals surface area (Å²) in [6.45, 7) is 1.76. The second kappa shape index (κ2) is 5.16. The van der Waals surface area contributed by atoms with Crippen molar-refractivity contribution in [3.8, 4) is 0 Å². The molecule has 1 aliphatic carbocycles. The van der Waals surface area contributed by atoms with Crippen LogP contribution in [0.5, 0.6) is 0 Å². The summed E-state index contributed by atoms with van der Waals surface area (Å²) in [4.78, 5) is 0.301. The van der Waals surface area contributed by atoms with E-state index >= 15 is 0 Å². The maximum Gasteiger partial charge on any atom is 0.241 e. The SMILES string of the molecule is Cc1cc(N)ccc1S(=O)(=O)NC1CC1c1ccccc1. The average Bonchev–Trinajstić information content (AvgIpc) is 3.17. The number of hydrogen-bond donors (Lipinski definition) is 2. The summed E-state index contributed by atoms with van der Waals surface area (Å²) >= 11 is 0. The van der Waals surface area contributed by atoms with Gasteiger partial charge in [0, 0.05) is 17.6 Å². The standard InChI is InChI=1S/C16H18N2O2S/c1-11-9-13(17)7-8-16(11)21(19,20)18-15-10-14(15)12-5-3-2-4-6-12/h2-9,14-15,18H,10,17H2,1H3. The first kappa shape index (κ1) is 14.1. The minimum Gasteiger partial charge on any atom is -0.399 e. The molecule has 0 heterocycles. The number of nitrogens with one attached hydrogen (secondary N) is 1. The van der Waals surface area contributed by atoms with Crippen LogP contribution in [0.4, 0.5) is 5.69 Å². The molecule has 0 radical (unpaired) electrons. The zero-order chi connectivity index (χ0) is 15.0. The molecule has 2 aromatic carbocycles. The third-order valence-electron chi connectivity index (χ3n) is 3.81. The van der Waals surface area contributed by atoms with Gasteiger partial charge in [-0.1, -0.05) is 30.3 Å². The zero-order valence-corrected chi connectivity index (χ0v) is 12.6. The molecule has 3 N–H and O–H groups in total. The third kappa shape index (κ3) is 2.94. The molecule has 21 heavy (non-hydrogen) atoms. The van der Waals surface area contributed by atoms with Gasteiger partial charge in [-0.3, -0.25) is 0 Å². The first-order chi connectivity index (χ1) is 9.97. The van der Waals surface area contributed by atoms with Crippen LogP contribution in [-0.2, 0) is 10.0 Å². The topological polar surface area (TPSA) is 72.2 Å². The van der Waals surface area contributed by atoms with Crippen molar-refractivity contribution in [3.63, 3.8) is 0 Å². The molecule has 0 amide bonds. The molecule has 1 fully saturated rings. The van der Waals surface area contributed by atoms with Gasteiger partial charge in [-0.2, -0.15) is 0 Å². The minimum atomic E-state index is -3.49. The Balaban J connectivity index is 1.76. The van der Waals surface area contributed by atoms with E-state index in [0.29, 0.717) is 16.1 Å². The van der Waals surface area contributed by atoms with E-state index in [1.54, 1.807) is 25.1 Å². The Hall–Kier alpha value is -1.85. The molecule has 4 nitrogen and oxygen atoms in total. The minimum absolute atomic E-state index is 0.0191. The quantitative estimate of drug-likeness (QED) is 0.852. The molecule has 0 saturated heterocycles. The van der Waals surface area contributed by atoms with Crippen LogP contribution >= 0.6 is 0 Å². The number of benzene rings is 2. The summed E-state index contributed by atoms with van der Waals surface area (Å²) in [6, 6.07) is 14.8. The van der Waals surface area contributed by atoms with E-state index in [1.807, 2.05) is 30.3 Å². The highest BCUT2D eigenvalue weighted by molar-refractivity contribution is 7.89. The number of hydrogen-bond acceptors (Lipinski definition) is 3. The summed E-state index contributed by atoms with van der Waals surface area (Å²) in [5.41, 5.74) is 8.08. The van der Waals surface area contributed by atoms with Gasteiger partial charge in [0.05, 0.1) is 4.90 Å². The molecule has 2 unspecified atom stereocenters. The van der Waals surface area contributed by atoms with E-state index in [9.17, 15) is 8.42 Å². The number of aryl methyl sites for hydroxylation is 1. The molecular weight excluding hydrogens is 284 g/mol. The summed E-state index contributed by atoms with van der Waals surface area (Å²) in [5.74, 6) is 0.273. The summed E-state index contributed by atoms with van der Waals surface area (Å²) < 4.78 is 27.7. The van der Waals surface area contributed by atoms with Gasteiger partial charge in [-0.15, -0.1) is 0 Å². The van der Waals surface area contributed by atoms with Crippen molar-refractivity contribution < 1.29 is 8.42 Å². The molecule has 0 spiro atoms. The van der Waals surface area contributed by atoms with Gasteiger partial charge in [-0.05, 0) is 42.7 Å². The Morgan fingerprint density at radius 2 is 1.86 bits per heavy atom. The molecule has 5 heteroatoms. The molecule has 0 aliphatic heterocycles. The highest BCUT2D eigenvalue weighted by Crippen LogP contribution is 2.41. The molecule has 2 aromatic rings. The van der Waals surface area contributed by atoms with Gasteiger partial charge in [-0.25, -0.2) is 13.1 Å². The molecule has 2 atom stereocenters. The molecular formula is C16H18N2O2S. The molecule has 0 aromatic heterocycles. The average molecular weight is 302 g/mol. The maximum atomic E-state index is 12.4. The number of nitrogen functional groups attached to an aromatic ring is 1. The van der Waals surface area contributed by atoms with E-state index < -0.39 is 10.0 Å². The van der Waals surface area contributed by atoms with E-state index in [0.717, 1.165) is 6.42 Å². The fourth-order valence-corrected chi connectivity index (χ4v) is 4.15. The van der Waals surface area contributed by atoms with Crippen LogP contribution in [0.15, 0.2) is 53.4 Å². The van der Waals surface area contributed by atoms with Crippen molar-refractivity contribution >= 4 is 15.7 Å². The van der Waals surface area contributed by atoms with Gasteiger partial charge in [0.15, 0.2) is 0 Å². The highest BCUT2D eigenvalue weighted by atomic mass is 32.2. The lowest BCUT2D eigenvalue weighted by Crippen LogP contribution is -2.27. The van der Waals surface area contributed by atoms with E-state index in [-0.39, 0.29) is 12.0 Å². The Morgan fingerprint density at radius 1 is 1.14 bits per heavy atom. The first-order valence-electron chi connectivity index (χ1n) is 6.91. The molecule has 110 valence electrons. The molecule has 3 rings (SSSR count). The lowest BCUT2D eigenvalue weighted by atomic mass is 10.1. The molecule has 1 aliphatic rings. The van der Waals surface area contributed by atoms with Gasteiger partial charge in [0.1, 0.15) is 0 Å². The molecule has 1 saturated carbocycles.